The summed E-state index contributed by atoms with van der Waals surface area (Å²) in [5, 5.41) is 6.55. The highest BCUT2D eigenvalue weighted by molar-refractivity contribution is 5.81. The fourth-order valence-electron chi connectivity index (χ4n) is 3.17. The summed E-state index contributed by atoms with van der Waals surface area (Å²) in [5.74, 6) is 0.876. The Morgan fingerprint density at radius 2 is 1.87 bits per heavy atom. The van der Waals surface area contributed by atoms with Crippen molar-refractivity contribution in [2.45, 2.75) is 50.7 Å². The van der Waals surface area contributed by atoms with Gasteiger partial charge >= 0.3 is 0 Å². The molecular weight excluding hydrogens is 288 g/mol. The topological polar surface area (TPSA) is 54.3 Å². The van der Waals surface area contributed by atoms with Crippen molar-refractivity contribution in [1.82, 2.24) is 10.6 Å². The molecule has 122 valence electrons. The Kier molecular flexibility index (Phi) is 5.13. The maximum absolute atomic E-state index is 12.4. The Morgan fingerprint density at radius 3 is 2.52 bits per heavy atom. The average Bonchev–Trinajstić information content (AvgIpc) is 3.26. The summed E-state index contributed by atoms with van der Waals surface area (Å²) < 4.78 is 5.57. The molecule has 0 spiro atoms. The smallest absolute Gasteiger partial charge is 0.237 e. The van der Waals surface area contributed by atoms with E-state index in [1.165, 1.54) is 12.8 Å². The van der Waals surface area contributed by atoms with Gasteiger partial charge in [-0.2, -0.15) is 0 Å². The van der Waals surface area contributed by atoms with Gasteiger partial charge in [-0.15, -0.1) is 0 Å². The van der Waals surface area contributed by atoms with Crippen LogP contribution < -0.4 is 10.6 Å². The Balaban J connectivity index is 1.69. The Morgan fingerprint density at radius 1 is 1.13 bits per heavy atom. The maximum Gasteiger partial charge on any atom is 0.237 e. The van der Waals surface area contributed by atoms with Crippen LogP contribution in [-0.4, -0.2) is 18.0 Å². The maximum atomic E-state index is 12.4. The van der Waals surface area contributed by atoms with Gasteiger partial charge < -0.3 is 9.73 Å². The molecular formula is C19H24N2O2. The minimum Gasteiger partial charge on any atom is -0.467 e. The van der Waals surface area contributed by atoms with Crippen LogP contribution in [0.2, 0.25) is 0 Å². The van der Waals surface area contributed by atoms with Gasteiger partial charge in [0.15, 0.2) is 0 Å². The zero-order valence-corrected chi connectivity index (χ0v) is 13.5. The summed E-state index contributed by atoms with van der Waals surface area (Å²) in [6.07, 6.45) is 6.28. The number of benzene rings is 1. The number of carbonyl (C=O) groups is 1. The molecule has 0 unspecified atom stereocenters. The molecule has 2 atom stereocenters. The first-order valence-corrected chi connectivity index (χ1v) is 8.39. The van der Waals surface area contributed by atoms with Gasteiger partial charge in [-0.05, 0) is 37.5 Å². The lowest BCUT2D eigenvalue weighted by atomic mass is 10.0. The Bertz CT molecular complexity index is 604. The highest BCUT2D eigenvalue weighted by Crippen LogP contribution is 2.23. The molecule has 1 amide bonds. The van der Waals surface area contributed by atoms with E-state index < -0.39 is 0 Å². The number of rotatable bonds is 6. The minimum absolute atomic E-state index is 0.0596. The van der Waals surface area contributed by atoms with Crippen molar-refractivity contribution in [3.05, 3.63) is 60.1 Å². The first-order chi connectivity index (χ1) is 11.2. The predicted molar refractivity (Wildman–Crippen MR) is 90.0 cm³/mol. The van der Waals surface area contributed by atoms with Crippen LogP contribution in [-0.2, 0) is 4.79 Å². The molecule has 4 heteroatoms. The lowest BCUT2D eigenvalue weighted by Gasteiger charge is -2.23. The zero-order valence-electron chi connectivity index (χ0n) is 13.5. The summed E-state index contributed by atoms with van der Waals surface area (Å²) in [6, 6.07) is 13.8. The van der Waals surface area contributed by atoms with Gasteiger partial charge in [0.25, 0.3) is 0 Å². The molecule has 3 rings (SSSR count). The standard InChI is InChI=1S/C19H24N2O2/c1-14(19(22)21-16-10-5-6-11-16)20-18(17-12-7-13-23-17)15-8-3-2-4-9-15/h2-4,7-9,12-14,16,18,20H,5-6,10-11H2,1H3,(H,21,22)/t14-,18+/m0/s1. The number of nitrogens with one attached hydrogen (secondary N) is 2. The third-order valence-corrected chi connectivity index (χ3v) is 4.47. The molecule has 1 aliphatic rings. The molecule has 1 heterocycles. The van der Waals surface area contributed by atoms with E-state index in [2.05, 4.69) is 10.6 Å². The fourth-order valence-corrected chi connectivity index (χ4v) is 3.17. The van der Waals surface area contributed by atoms with Crippen molar-refractivity contribution in [2.24, 2.45) is 0 Å². The second-order valence-electron chi connectivity index (χ2n) is 6.24. The minimum atomic E-state index is -0.286. The zero-order chi connectivity index (χ0) is 16.1. The van der Waals surface area contributed by atoms with E-state index in [1.807, 2.05) is 49.4 Å². The molecule has 0 aliphatic heterocycles. The molecule has 23 heavy (non-hydrogen) atoms. The molecule has 1 fully saturated rings. The summed E-state index contributed by atoms with van der Waals surface area (Å²) in [7, 11) is 0. The molecule has 2 aromatic rings. The SMILES string of the molecule is C[C@H](N[C@H](c1ccccc1)c1ccco1)C(=O)NC1CCCC1. The molecule has 0 bridgehead atoms. The third-order valence-electron chi connectivity index (χ3n) is 4.47. The summed E-state index contributed by atoms with van der Waals surface area (Å²) in [5.41, 5.74) is 1.09. The number of amides is 1. The Hall–Kier alpha value is -2.07. The van der Waals surface area contributed by atoms with Gasteiger partial charge in [0, 0.05) is 6.04 Å². The molecule has 1 saturated carbocycles. The van der Waals surface area contributed by atoms with Crippen molar-refractivity contribution in [1.29, 1.82) is 0 Å². The van der Waals surface area contributed by atoms with Gasteiger partial charge in [-0.3, -0.25) is 10.1 Å². The van der Waals surface area contributed by atoms with E-state index in [0.29, 0.717) is 6.04 Å². The van der Waals surface area contributed by atoms with Gasteiger partial charge in [-0.25, -0.2) is 0 Å². The molecule has 1 aromatic heterocycles. The summed E-state index contributed by atoms with van der Waals surface area (Å²) in [4.78, 5) is 12.4. The molecule has 0 radical (unpaired) electrons. The lowest BCUT2D eigenvalue weighted by Crippen LogP contribution is -2.46. The van der Waals surface area contributed by atoms with Crippen LogP contribution in [0.1, 0.15) is 50.0 Å². The molecule has 4 nitrogen and oxygen atoms in total. The molecule has 1 aromatic carbocycles. The average molecular weight is 312 g/mol. The van der Waals surface area contributed by atoms with Crippen molar-refractivity contribution < 1.29 is 9.21 Å². The monoisotopic (exact) mass is 312 g/mol. The molecule has 0 saturated heterocycles. The summed E-state index contributed by atoms with van der Waals surface area (Å²) in [6.45, 7) is 1.91. The van der Waals surface area contributed by atoms with Crippen molar-refractivity contribution >= 4 is 5.91 Å². The lowest BCUT2D eigenvalue weighted by molar-refractivity contribution is -0.123. The second kappa shape index (κ2) is 7.47. The Labute approximate surface area is 137 Å². The van der Waals surface area contributed by atoms with Crippen LogP contribution in [0.3, 0.4) is 0 Å². The van der Waals surface area contributed by atoms with E-state index >= 15 is 0 Å². The fraction of sp³-hybridized carbons (Fsp3) is 0.421. The first-order valence-electron chi connectivity index (χ1n) is 8.39. The van der Waals surface area contributed by atoms with Crippen LogP contribution in [0.15, 0.2) is 53.1 Å². The van der Waals surface area contributed by atoms with E-state index in [-0.39, 0.29) is 18.0 Å². The number of carbonyl (C=O) groups excluding carboxylic acids is 1. The number of hydrogen-bond acceptors (Lipinski definition) is 3. The third kappa shape index (κ3) is 4.02. The van der Waals surface area contributed by atoms with E-state index in [4.69, 9.17) is 4.42 Å². The van der Waals surface area contributed by atoms with Crippen LogP contribution in [0.25, 0.3) is 0 Å². The van der Waals surface area contributed by atoms with Crippen LogP contribution in [0.5, 0.6) is 0 Å². The predicted octanol–water partition coefficient (Wildman–Crippen LogP) is 3.41. The van der Waals surface area contributed by atoms with Crippen molar-refractivity contribution in [3.63, 3.8) is 0 Å². The van der Waals surface area contributed by atoms with E-state index in [9.17, 15) is 4.79 Å². The van der Waals surface area contributed by atoms with Crippen molar-refractivity contribution in [2.75, 3.05) is 0 Å². The van der Waals surface area contributed by atoms with E-state index in [1.54, 1.807) is 6.26 Å². The van der Waals surface area contributed by atoms with Crippen LogP contribution in [0, 0.1) is 0 Å². The molecule has 1 aliphatic carbocycles. The van der Waals surface area contributed by atoms with Crippen molar-refractivity contribution in [3.8, 4) is 0 Å². The second-order valence-corrected chi connectivity index (χ2v) is 6.24. The van der Waals surface area contributed by atoms with Gasteiger partial charge in [0.2, 0.25) is 5.91 Å². The van der Waals surface area contributed by atoms with Crippen LogP contribution >= 0.6 is 0 Å². The van der Waals surface area contributed by atoms with Gasteiger partial charge in [0.05, 0.1) is 18.3 Å². The highest BCUT2D eigenvalue weighted by atomic mass is 16.3. The highest BCUT2D eigenvalue weighted by Gasteiger charge is 2.25. The summed E-state index contributed by atoms with van der Waals surface area (Å²) >= 11 is 0. The number of furan rings is 1. The van der Waals surface area contributed by atoms with Crippen LogP contribution in [0.4, 0.5) is 0 Å². The van der Waals surface area contributed by atoms with Gasteiger partial charge in [0.1, 0.15) is 5.76 Å². The quantitative estimate of drug-likeness (QED) is 0.859. The molecule has 2 N–H and O–H groups in total. The van der Waals surface area contributed by atoms with Gasteiger partial charge in [-0.1, -0.05) is 43.2 Å². The number of hydrogen-bond donors (Lipinski definition) is 2. The largest absolute Gasteiger partial charge is 0.467 e. The first kappa shape index (κ1) is 15.8. The van der Waals surface area contributed by atoms with E-state index in [0.717, 1.165) is 24.2 Å². The normalized spacial score (nSPS) is 17.8.